The quantitative estimate of drug-likeness (QED) is 0.684. The van der Waals surface area contributed by atoms with Crippen LogP contribution in [0.5, 0.6) is 5.75 Å². The van der Waals surface area contributed by atoms with Gasteiger partial charge in [0, 0.05) is 18.1 Å². The summed E-state index contributed by atoms with van der Waals surface area (Å²) >= 11 is 5.81. The van der Waals surface area contributed by atoms with Gasteiger partial charge in [-0.2, -0.15) is 0 Å². The first-order valence-electron chi connectivity index (χ1n) is 7.76. The molecule has 0 aliphatic carbocycles. The number of hydrogen-bond donors (Lipinski definition) is 2. The van der Waals surface area contributed by atoms with Crippen molar-refractivity contribution in [2.45, 2.75) is 6.54 Å². The first-order chi connectivity index (χ1) is 11.7. The third-order valence-electron chi connectivity index (χ3n) is 3.14. The highest BCUT2D eigenvalue weighted by atomic mass is 35.5. The van der Waals surface area contributed by atoms with Crippen molar-refractivity contribution in [2.24, 2.45) is 0 Å². The Kier molecular flexibility index (Phi) is 7.93. The summed E-state index contributed by atoms with van der Waals surface area (Å²) in [4.78, 5) is 11.6. The SMILES string of the molecule is O=C(NCCOCCOc1ccccc1)NCc1ccc(Cl)cc1. The van der Waals surface area contributed by atoms with Crippen molar-refractivity contribution in [3.63, 3.8) is 0 Å². The van der Waals surface area contributed by atoms with E-state index in [1.807, 2.05) is 42.5 Å². The van der Waals surface area contributed by atoms with Crippen molar-refractivity contribution in [2.75, 3.05) is 26.4 Å². The first-order valence-corrected chi connectivity index (χ1v) is 8.13. The maximum absolute atomic E-state index is 11.6. The number of carbonyl (C=O) groups is 1. The molecule has 0 unspecified atom stereocenters. The van der Waals surface area contributed by atoms with Gasteiger partial charge in [-0.25, -0.2) is 4.79 Å². The number of benzene rings is 2. The molecular weight excluding hydrogens is 328 g/mol. The molecule has 5 nitrogen and oxygen atoms in total. The smallest absolute Gasteiger partial charge is 0.315 e. The molecule has 2 N–H and O–H groups in total. The lowest BCUT2D eigenvalue weighted by molar-refractivity contribution is 0.102. The minimum Gasteiger partial charge on any atom is -0.491 e. The normalized spacial score (nSPS) is 10.2. The van der Waals surface area contributed by atoms with Gasteiger partial charge in [-0.05, 0) is 29.8 Å². The van der Waals surface area contributed by atoms with Crippen molar-refractivity contribution in [1.29, 1.82) is 0 Å². The molecule has 0 saturated carbocycles. The van der Waals surface area contributed by atoms with Gasteiger partial charge in [0.1, 0.15) is 12.4 Å². The monoisotopic (exact) mass is 348 g/mol. The molecule has 2 rings (SSSR count). The van der Waals surface area contributed by atoms with Crippen LogP contribution in [0.25, 0.3) is 0 Å². The zero-order chi connectivity index (χ0) is 17.0. The summed E-state index contributed by atoms with van der Waals surface area (Å²) in [5.41, 5.74) is 0.990. The van der Waals surface area contributed by atoms with Gasteiger partial charge < -0.3 is 20.1 Å². The molecule has 0 saturated heterocycles. The van der Waals surface area contributed by atoms with E-state index in [2.05, 4.69) is 10.6 Å². The van der Waals surface area contributed by atoms with E-state index in [0.29, 0.717) is 37.9 Å². The lowest BCUT2D eigenvalue weighted by atomic mass is 10.2. The summed E-state index contributed by atoms with van der Waals surface area (Å²) in [7, 11) is 0. The molecule has 0 atom stereocenters. The van der Waals surface area contributed by atoms with Gasteiger partial charge in [0.05, 0.1) is 13.2 Å². The van der Waals surface area contributed by atoms with Crippen LogP contribution in [0.4, 0.5) is 4.79 Å². The number of para-hydroxylation sites is 1. The number of amides is 2. The maximum Gasteiger partial charge on any atom is 0.315 e. The third-order valence-corrected chi connectivity index (χ3v) is 3.39. The Hall–Kier alpha value is -2.24. The van der Waals surface area contributed by atoms with Crippen LogP contribution in [-0.2, 0) is 11.3 Å². The number of carbonyl (C=O) groups excluding carboxylic acids is 1. The molecule has 24 heavy (non-hydrogen) atoms. The summed E-state index contributed by atoms with van der Waals surface area (Å²) in [5.74, 6) is 0.820. The van der Waals surface area contributed by atoms with E-state index in [1.54, 1.807) is 12.1 Å². The number of nitrogens with one attached hydrogen (secondary N) is 2. The lowest BCUT2D eigenvalue weighted by Gasteiger charge is -2.09. The van der Waals surface area contributed by atoms with E-state index in [1.165, 1.54) is 0 Å². The molecule has 6 heteroatoms. The number of urea groups is 1. The Morgan fingerprint density at radius 3 is 2.42 bits per heavy atom. The molecule has 0 aromatic heterocycles. The summed E-state index contributed by atoms with van der Waals surface area (Å²) < 4.78 is 10.9. The topological polar surface area (TPSA) is 59.6 Å². The van der Waals surface area contributed by atoms with Crippen LogP contribution in [0.15, 0.2) is 54.6 Å². The zero-order valence-corrected chi connectivity index (χ0v) is 14.1. The van der Waals surface area contributed by atoms with Crippen LogP contribution in [0, 0.1) is 0 Å². The van der Waals surface area contributed by atoms with Crippen LogP contribution in [-0.4, -0.2) is 32.4 Å². The summed E-state index contributed by atoms with van der Waals surface area (Å²) in [6.07, 6.45) is 0. The maximum atomic E-state index is 11.6. The summed E-state index contributed by atoms with van der Waals surface area (Å²) in [6, 6.07) is 16.7. The van der Waals surface area contributed by atoms with Gasteiger partial charge in [0.15, 0.2) is 0 Å². The average molecular weight is 349 g/mol. The highest BCUT2D eigenvalue weighted by Crippen LogP contribution is 2.09. The number of hydrogen-bond acceptors (Lipinski definition) is 3. The molecule has 0 bridgehead atoms. The van der Waals surface area contributed by atoms with E-state index < -0.39 is 0 Å². The highest BCUT2D eigenvalue weighted by molar-refractivity contribution is 6.30. The van der Waals surface area contributed by atoms with Crippen LogP contribution < -0.4 is 15.4 Å². The van der Waals surface area contributed by atoms with Gasteiger partial charge in [-0.15, -0.1) is 0 Å². The molecule has 0 aliphatic heterocycles. The summed E-state index contributed by atoms with van der Waals surface area (Å²) in [6.45, 7) is 2.29. The minimum absolute atomic E-state index is 0.228. The fourth-order valence-electron chi connectivity index (χ4n) is 1.92. The predicted molar refractivity (Wildman–Crippen MR) is 94.4 cm³/mol. The molecule has 2 aromatic rings. The zero-order valence-electron chi connectivity index (χ0n) is 13.3. The number of rotatable bonds is 9. The highest BCUT2D eigenvalue weighted by Gasteiger charge is 2.00. The van der Waals surface area contributed by atoms with Crippen LogP contribution in [0.2, 0.25) is 5.02 Å². The van der Waals surface area contributed by atoms with Crippen LogP contribution >= 0.6 is 11.6 Å². The van der Waals surface area contributed by atoms with Gasteiger partial charge >= 0.3 is 6.03 Å². The second-order valence-electron chi connectivity index (χ2n) is 5.01. The van der Waals surface area contributed by atoms with Crippen molar-refractivity contribution in [3.8, 4) is 5.75 Å². The molecule has 0 heterocycles. The minimum atomic E-state index is -0.228. The van der Waals surface area contributed by atoms with Crippen molar-refractivity contribution < 1.29 is 14.3 Å². The standard InChI is InChI=1S/C18H21ClN2O3/c19-16-8-6-15(7-9-16)14-21-18(22)20-10-11-23-12-13-24-17-4-2-1-3-5-17/h1-9H,10-14H2,(H2,20,21,22). The fraction of sp³-hybridized carbons (Fsp3) is 0.278. The Bertz CT molecular complexity index is 605. The Morgan fingerprint density at radius 2 is 1.67 bits per heavy atom. The van der Waals surface area contributed by atoms with Gasteiger partial charge in [0.2, 0.25) is 0 Å². The van der Waals surface area contributed by atoms with Gasteiger partial charge in [-0.1, -0.05) is 41.9 Å². The molecule has 128 valence electrons. The number of ether oxygens (including phenoxy) is 2. The fourth-order valence-corrected chi connectivity index (χ4v) is 2.05. The molecular formula is C18H21ClN2O3. The lowest BCUT2D eigenvalue weighted by Crippen LogP contribution is -2.37. The van der Waals surface area contributed by atoms with Crippen molar-refractivity contribution in [3.05, 3.63) is 65.2 Å². The third kappa shape index (κ3) is 7.35. The van der Waals surface area contributed by atoms with Crippen LogP contribution in [0.3, 0.4) is 0 Å². The Labute approximate surface area is 146 Å². The molecule has 0 fully saturated rings. The van der Waals surface area contributed by atoms with Crippen molar-refractivity contribution in [1.82, 2.24) is 10.6 Å². The summed E-state index contributed by atoms with van der Waals surface area (Å²) in [5, 5.41) is 6.18. The average Bonchev–Trinajstić information content (AvgIpc) is 2.61. The Morgan fingerprint density at radius 1 is 0.917 bits per heavy atom. The second kappa shape index (κ2) is 10.5. The van der Waals surface area contributed by atoms with E-state index in [0.717, 1.165) is 11.3 Å². The largest absolute Gasteiger partial charge is 0.491 e. The molecule has 2 aromatic carbocycles. The first kappa shape index (κ1) is 18.1. The van der Waals surface area contributed by atoms with E-state index in [4.69, 9.17) is 21.1 Å². The molecule has 0 spiro atoms. The van der Waals surface area contributed by atoms with Crippen molar-refractivity contribution >= 4 is 17.6 Å². The van der Waals surface area contributed by atoms with E-state index in [-0.39, 0.29) is 6.03 Å². The molecule has 0 radical (unpaired) electrons. The molecule has 0 aliphatic rings. The second-order valence-corrected chi connectivity index (χ2v) is 5.45. The number of halogens is 1. The van der Waals surface area contributed by atoms with E-state index in [9.17, 15) is 4.79 Å². The molecule has 2 amide bonds. The predicted octanol–water partition coefficient (Wildman–Crippen LogP) is 3.23. The van der Waals surface area contributed by atoms with Crippen LogP contribution in [0.1, 0.15) is 5.56 Å². The Balaban J connectivity index is 1.46. The van der Waals surface area contributed by atoms with Gasteiger partial charge in [-0.3, -0.25) is 0 Å². The van der Waals surface area contributed by atoms with Gasteiger partial charge in [0.25, 0.3) is 0 Å². The van der Waals surface area contributed by atoms with E-state index >= 15 is 0 Å².